The van der Waals surface area contributed by atoms with E-state index in [1.165, 1.54) is 19.3 Å². The third-order valence-electron chi connectivity index (χ3n) is 3.58. The summed E-state index contributed by atoms with van der Waals surface area (Å²) < 4.78 is 12.5. The number of carbonyl (C=O) groups is 1. The Morgan fingerprint density at radius 1 is 1.45 bits per heavy atom. The first-order valence-electron chi connectivity index (χ1n) is 7.31. The largest absolute Gasteiger partial charge is 0.461 e. The minimum absolute atomic E-state index is 0.185. The molecular weight excluding hydrogens is 258 g/mol. The molecule has 0 saturated heterocycles. The molecule has 1 saturated carbocycles. The van der Waals surface area contributed by atoms with Gasteiger partial charge in [0.15, 0.2) is 5.69 Å². The number of anilines is 1. The highest BCUT2D eigenvalue weighted by atomic mass is 16.5. The van der Waals surface area contributed by atoms with Gasteiger partial charge in [0.2, 0.25) is 0 Å². The summed E-state index contributed by atoms with van der Waals surface area (Å²) in [6.07, 6.45) is 8.05. The fourth-order valence-corrected chi connectivity index (χ4v) is 2.48. The molecule has 1 aliphatic rings. The molecule has 0 unspecified atom stereocenters. The van der Waals surface area contributed by atoms with Gasteiger partial charge >= 0.3 is 5.97 Å². The highest BCUT2D eigenvalue weighted by Gasteiger charge is 2.17. The van der Waals surface area contributed by atoms with Crippen molar-refractivity contribution >= 4 is 11.8 Å². The normalized spacial score (nSPS) is 16.2. The first-order chi connectivity index (χ1) is 9.72. The van der Waals surface area contributed by atoms with Gasteiger partial charge in [-0.1, -0.05) is 19.3 Å². The van der Waals surface area contributed by atoms with E-state index in [0.717, 1.165) is 12.8 Å². The number of hydrogen-bond acceptors (Lipinski definition) is 5. The van der Waals surface area contributed by atoms with Gasteiger partial charge < -0.3 is 19.8 Å². The van der Waals surface area contributed by atoms with Crippen molar-refractivity contribution in [3.05, 3.63) is 12.0 Å². The van der Waals surface area contributed by atoms with Crippen molar-refractivity contribution in [1.82, 2.24) is 9.55 Å². The van der Waals surface area contributed by atoms with Gasteiger partial charge in [-0.2, -0.15) is 0 Å². The predicted octanol–water partition coefficient (Wildman–Crippen LogP) is 1.99. The fraction of sp³-hybridized carbons (Fsp3) is 0.714. The molecule has 112 valence electrons. The maximum atomic E-state index is 11.6. The molecule has 1 heterocycles. The predicted molar refractivity (Wildman–Crippen MR) is 75.4 cm³/mol. The molecule has 0 aliphatic heterocycles. The number of hydrogen-bond donors (Lipinski definition) is 1. The number of nitrogen functional groups attached to an aromatic ring is 1. The first-order valence-corrected chi connectivity index (χ1v) is 7.31. The van der Waals surface area contributed by atoms with E-state index in [-0.39, 0.29) is 5.69 Å². The Hall–Kier alpha value is -1.56. The molecule has 6 heteroatoms. The summed E-state index contributed by atoms with van der Waals surface area (Å²) in [4.78, 5) is 15.6. The number of esters is 1. The van der Waals surface area contributed by atoms with E-state index in [1.54, 1.807) is 17.8 Å². The van der Waals surface area contributed by atoms with Gasteiger partial charge in [-0.3, -0.25) is 0 Å². The van der Waals surface area contributed by atoms with E-state index in [9.17, 15) is 4.79 Å². The Balaban J connectivity index is 1.82. The van der Waals surface area contributed by atoms with Crippen molar-refractivity contribution in [3.8, 4) is 0 Å². The van der Waals surface area contributed by atoms with E-state index >= 15 is 0 Å². The van der Waals surface area contributed by atoms with Crippen LogP contribution in [0.5, 0.6) is 0 Å². The quantitative estimate of drug-likeness (QED) is 0.807. The topological polar surface area (TPSA) is 79.4 Å². The van der Waals surface area contributed by atoms with Gasteiger partial charge in [0.05, 0.1) is 25.6 Å². The van der Waals surface area contributed by atoms with Crippen molar-refractivity contribution in [3.63, 3.8) is 0 Å². The van der Waals surface area contributed by atoms with Crippen LogP contribution in [0.4, 0.5) is 5.82 Å². The summed E-state index contributed by atoms with van der Waals surface area (Å²) >= 11 is 0. The number of nitrogens with two attached hydrogens (primary N) is 1. The number of rotatable bonds is 6. The molecule has 20 heavy (non-hydrogen) atoms. The minimum atomic E-state index is -0.475. The highest BCUT2D eigenvalue weighted by molar-refractivity contribution is 5.92. The molecule has 0 atom stereocenters. The summed E-state index contributed by atoms with van der Waals surface area (Å²) in [6, 6.07) is 0. The molecule has 0 aromatic carbocycles. The number of aromatic nitrogens is 2. The van der Waals surface area contributed by atoms with E-state index in [4.69, 9.17) is 15.2 Å². The molecule has 2 N–H and O–H groups in total. The van der Waals surface area contributed by atoms with Crippen LogP contribution in [0.1, 0.15) is 49.5 Å². The second-order valence-corrected chi connectivity index (χ2v) is 5.02. The van der Waals surface area contributed by atoms with E-state index in [2.05, 4.69) is 4.98 Å². The lowest BCUT2D eigenvalue weighted by molar-refractivity contribution is 0.0242. The molecule has 1 aliphatic carbocycles. The Morgan fingerprint density at radius 2 is 2.20 bits per heavy atom. The molecule has 0 amide bonds. The van der Waals surface area contributed by atoms with Crippen LogP contribution in [-0.2, 0) is 16.0 Å². The molecule has 1 aromatic rings. The SMILES string of the molecule is CCOC(=O)c1ncn(CCOC2CCCCC2)c1N. The lowest BCUT2D eigenvalue weighted by Crippen LogP contribution is -2.19. The summed E-state index contributed by atoms with van der Waals surface area (Å²) in [6.45, 7) is 3.27. The standard InChI is InChI=1S/C14H23N3O3/c1-2-19-14(18)12-13(15)17(10-16-12)8-9-20-11-6-4-3-5-7-11/h10-11H,2-9,15H2,1H3. The Kier molecular flexibility index (Phi) is 5.40. The van der Waals surface area contributed by atoms with Gasteiger partial charge in [0.25, 0.3) is 0 Å². The Labute approximate surface area is 119 Å². The van der Waals surface area contributed by atoms with Crippen molar-refractivity contribution < 1.29 is 14.3 Å². The first kappa shape index (κ1) is 14.8. The van der Waals surface area contributed by atoms with Crippen LogP contribution in [0, 0.1) is 0 Å². The van der Waals surface area contributed by atoms with Crippen LogP contribution < -0.4 is 5.73 Å². The van der Waals surface area contributed by atoms with Crippen LogP contribution in [0.25, 0.3) is 0 Å². The maximum Gasteiger partial charge on any atom is 0.360 e. The number of ether oxygens (including phenoxy) is 2. The summed E-state index contributed by atoms with van der Waals surface area (Å²) in [5, 5.41) is 0. The second kappa shape index (κ2) is 7.28. The van der Waals surface area contributed by atoms with Crippen molar-refractivity contribution in [2.45, 2.75) is 51.7 Å². The van der Waals surface area contributed by atoms with Crippen LogP contribution >= 0.6 is 0 Å². The second-order valence-electron chi connectivity index (χ2n) is 5.02. The average Bonchev–Trinajstić information content (AvgIpc) is 2.82. The molecule has 0 radical (unpaired) electrons. The van der Waals surface area contributed by atoms with Crippen molar-refractivity contribution in [2.24, 2.45) is 0 Å². The van der Waals surface area contributed by atoms with Gasteiger partial charge in [-0.05, 0) is 19.8 Å². The zero-order valence-electron chi connectivity index (χ0n) is 12.0. The molecule has 1 aromatic heterocycles. The number of carbonyl (C=O) groups excluding carboxylic acids is 1. The van der Waals surface area contributed by atoms with E-state index in [0.29, 0.717) is 31.7 Å². The molecule has 2 rings (SSSR count). The minimum Gasteiger partial charge on any atom is -0.461 e. The Morgan fingerprint density at radius 3 is 2.90 bits per heavy atom. The van der Waals surface area contributed by atoms with Crippen molar-refractivity contribution in [2.75, 3.05) is 18.9 Å². The van der Waals surface area contributed by atoms with Gasteiger partial charge in [0, 0.05) is 6.54 Å². The van der Waals surface area contributed by atoms with Crippen LogP contribution in [0.15, 0.2) is 6.33 Å². The van der Waals surface area contributed by atoms with Gasteiger partial charge in [-0.25, -0.2) is 9.78 Å². The highest BCUT2D eigenvalue weighted by Crippen LogP contribution is 2.20. The molecule has 0 spiro atoms. The lowest BCUT2D eigenvalue weighted by Gasteiger charge is -2.22. The molecular formula is C14H23N3O3. The molecule has 1 fully saturated rings. The van der Waals surface area contributed by atoms with Crippen LogP contribution in [-0.4, -0.2) is 34.8 Å². The monoisotopic (exact) mass is 281 g/mol. The number of imidazole rings is 1. The van der Waals surface area contributed by atoms with Gasteiger partial charge in [-0.15, -0.1) is 0 Å². The lowest BCUT2D eigenvalue weighted by atomic mass is 9.98. The van der Waals surface area contributed by atoms with Crippen LogP contribution in [0.3, 0.4) is 0 Å². The summed E-state index contributed by atoms with van der Waals surface area (Å²) in [5.74, 6) is -0.132. The van der Waals surface area contributed by atoms with Crippen LogP contribution in [0.2, 0.25) is 0 Å². The number of nitrogens with zero attached hydrogens (tertiary/aromatic N) is 2. The smallest absolute Gasteiger partial charge is 0.360 e. The third-order valence-corrected chi connectivity index (χ3v) is 3.58. The molecule has 6 nitrogen and oxygen atoms in total. The molecule has 0 bridgehead atoms. The Bertz CT molecular complexity index is 439. The third kappa shape index (κ3) is 3.72. The van der Waals surface area contributed by atoms with E-state index < -0.39 is 5.97 Å². The zero-order valence-corrected chi connectivity index (χ0v) is 12.0. The fourth-order valence-electron chi connectivity index (χ4n) is 2.48. The maximum absolute atomic E-state index is 11.6. The van der Waals surface area contributed by atoms with Gasteiger partial charge in [0.1, 0.15) is 5.82 Å². The van der Waals surface area contributed by atoms with Crippen molar-refractivity contribution in [1.29, 1.82) is 0 Å². The zero-order chi connectivity index (χ0) is 14.4. The summed E-state index contributed by atoms with van der Waals surface area (Å²) in [7, 11) is 0. The van der Waals surface area contributed by atoms with E-state index in [1.807, 2.05) is 0 Å². The summed E-state index contributed by atoms with van der Waals surface area (Å²) in [5.41, 5.74) is 6.08. The average molecular weight is 281 g/mol.